The number of ether oxygens (including phenoxy) is 1. The van der Waals surface area contributed by atoms with Crippen LogP contribution in [0.25, 0.3) is 0 Å². The Morgan fingerprint density at radius 3 is 2.89 bits per heavy atom. The van der Waals surface area contributed by atoms with Gasteiger partial charge in [0.1, 0.15) is 0 Å². The number of hydrogen-bond donors (Lipinski definition) is 1. The van der Waals surface area contributed by atoms with E-state index in [0.29, 0.717) is 5.92 Å². The van der Waals surface area contributed by atoms with Gasteiger partial charge in [0, 0.05) is 32.1 Å². The normalized spacial score (nSPS) is 11.3. The molecule has 18 heavy (non-hydrogen) atoms. The average Bonchev–Trinajstić information content (AvgIpc) is 2.76. The number of nitrogens with zero attached hydrogens (tertiary/aromatic N) is 1. The zero-order chi connectivity index (χ0) is 13.2. The highest BCUT2D eigenvalue weighted by Crippen LogP contribution is 2.02. The molecule has 3 heteroatoms. The van der Waals surface area contributed by atoms with Crippen LogP contribution >= 0.6 is 0 Å². The molecule has 0 fully saturated rings. The molecule has 1 aromatic rings. The van der Waals surface area contributed by atoms with Gasteiger partial charge >= 0.3 is 0 Å². The van der Waals surface area contributed by atoms with Crippen LogP contribution in [0.2, 0.25) is 0 Å². The molecule has 3 nitrogen and oxygen atoms in total. The fraction of sp³-hybridized carbons (Fsp3) is 0.733. The zero-order valence-corrected chi connectivity index (χ0v) is 12.1. The van der Waals surface area contributed by atoms with Crippen molar-refractivity contribution >= 4 is 0 Å². The average molecular weight is 252 g/mol. The van der Waals surface area contributed by atoms with Gasteiger partial charge in [-0.05, 0) is 30.5 Å². The molecule has 1 rings (SSSR count). The predicted molar refractivity (Wildman–Crippen MR) is 76.7 cm³/mol. The van der Waals surface area contributed by atoms with Gasteiger partial charge in [0.15, 0.2) is 0 Å². The Kier molecular flexibility index (Phi) is 7.78. The van der Waals surface area contributed by atoms with E-state index >= 15 is 0 Å². The van der Waals surface area contributed by atoms with Crippen LogP contribution in [0.15, 0.2) is 18.5 Å². The van der Waals surface area contributed by atoms with Gasteiger partial charge in [-0.25, -0.2) is 0 Å². The summed E-state index contributed by atoms with van der Waals surface area (Å²) in [4.78, 5) is 0. The lowest BCUT2D eigenvalue weighted by atomic mass is 10.2. The van der Waals surface area contributed by atoms with Gasteiger partial charge in [-0.15, -0.1) is 0 Å². The molecule has 0 aromatic carbocycles. The number of hydrogen-bond acceptors (Lipinski definition) is 2. The van der Waals surface area contributed by atoms with Gasteiger partial charge < -0.3 is 14.6 Å². The molecule has 0 aliphatic carbocycles. The standard InChI is InChI=1S/C15H28N2O/c1-4-5-9-18-10-8-17-7-6-15(13-17)12-16-11-14(2)3/h6-7,13-14,16H,4-5,8-12H2,1-3H3. The lowest BCUT2D eigenvalue weighted by Gasteiger charge is -2.06. The summed E-state index contributed by atoms with van der Waals surface area (Å²) in [7, 11) is 0. The van der Waals surface area contributed by atoms with Gasteiger partial charge in [0.2, 0.25) is 0 Å². The van der Waals surface area contributed by atoms with Crippen LogP contribution in [0.1, 0.15) is 39.2 Å². The fourth-order valence-electron chi connectivity index (χ4n) is 1.76. The first-order valence-electron chi connectivity index (χ1n) is 7.15. The molecular formula is C15H28N2O. The van der Waals surface area contributed by atoms with E-state index in [4.69, 9.17) is 4.74 Å². The summed E-state index contributed by atoms with van der Waals surface area (Å²) in [5.74, 6) is 0.707. The highest BCUT2D eigenvalue weighted by Gasteiger charge is 1.98. The van der Waals surface area contributed by atoms with Crippen molar-refractivity contribution in [1.29, 1.82) is 0 Å². The first-order chi connectivity index (χ1) is 8.72. The van der Waals surface area contributed by atoms with Crippen molar-refractivity contribution < 1.29 is 4.74 Å². The van der Waals surface area contributed by atoms with Gasteiger partial charge in [-0.1, -0.05) is 27.2 Å². The number of nitrogens with one attached hydrogen (secondary N) is 1. The van der Waals surface area contributed by atoms with Crippen molar-refractivity contribution in [2.45, 2.75) is 46.7 Å². The summed E-state index contributed by atoms with van der Waals surface area (Å²) in [6.45, 7) is 11.3. The second-order valence-electron chi connectivity index (χ2n) is 5.25. The molecule has 0 bridgehead atoms. The smallest absolute Gasteiger partial charge is 0.0645 e. The zero-order valence-electron chi connectivity index (χ0n) is 12.1. The van der Waals surface area contributed by atoms with Crippen LogP contribution in [0.3, 0.4) is 0 Å². The van der Waals surface area contributed by atoms with Gasteiger partial charge in [-0.2, -0.15) is 0 Å². The lowest BCUT2D eigenvalue weighted by molar-refractivity contribution is 0.123. The Balaban J connectivity index is 2.13. The molecule has 1 heterocycles. The SMILES string of the molecule is CCCCOCCn1ccc(CNCC(C)C)c1. The number of rotatable bonds is 10. The largest absolute Gasteiger partial charge is 0.380 e. The maximum atomic E-state index is 5.56. The van der Waals surface area contributed by atoms with Crippen molar-refractivity contribution in [3.8, 4) is 0 Å². The first-order valence-corrected chi connectivity index (χ1v) is 7.15. The van der Waals surface area contributed by atoms with E-state index in [2.05, 4.69) is 49.1 Å². The fourth-order valence-corrected chi connectivity index (χ4v) is 1.76. The lowest BCUT2D eigenvalue weighted by Crippen LogP contribution is -2.18. The van der Waals surface area contributed by atoms with Crippen molar-refractivity contribution in [3.05, 3.63) is 24.0 Å². The first kappa shape index (κ1) is 15.3. The van der Waals surface area contributed by atoms with E-state index in [1.807, 2.05) is 0 Å². The van der Waals surface area contributed by atoms with Crippen LogP contribution < -0.4 is 5.32 Å². The van der Waals surface area contributed by atoms with Crippen LogP contribution in [-0.2, 0) is 17.8 Å². The molecule has 1 N–H and O–H groups in total. The minimum absolute atomic E-state index is 0.707. The van der Waals surface area contributed by atoms with Gasteiger partial charge in [0.05, 0.1) is 6.61 Å². The Bertz CT molecular complexity index is 307. The Hall–Kier alpha value is -0.800. The van der Waals surface area contributed by atoms with Gasteiger partial charge in [0.25, 0.3) is 0 Å². The number of aromatic nitrogens is 1. The van der Waals surface area contributed by atoms with E-state index < -0.39 is 0 Å². The second kappa shape index (κ2) is 9.17. The minimum atomic E-state index is 0.707. The molecule has 0 amide bonds. The Morgan fingerprint density at radius 2 is 2.17 bits per heavy atom. The third-order valence-corrected chi connectivity index (χ3v) is 2.83. The monoisotopic (exact) mass is 252 g/mol. The van der Waals surface area contributed by atoms with E-state index in [9.17, 15) is 0 Å². The van der Waals surface area contributed by atoms with Crippen molar-refractivity contribution in [2.75, 3.05) is 19.8 Å². The molecule has 0 spiro atoms. The predicted octanol–water partition coefficient (Wildman–Crippen LogP) is 3.05. The highest BCUT2D eigenvalue weighted by atomic mass is 16.5. The summed E-state index contributed by atoms with van der Waals surface area (Å²) in [5, 5.41) is 3.45. The molecule has 104 valence electrons. The molecule has 0 unspecified atom stereocenters. The molecule has 1 aromatic heterocycles. The molecular weight excluding hydrogens is 224 g/mol. The molecule has 0 aliphatic heterocycles. The summed E-state index contributed by atoms with van der Waals surface area (Å²) in [6.07, 6.45) is 6.71. The van der Waals surface area contributed by atoms with E-state index in [1.165, 1.54) is 12.0 Å². The van der Waals surface area contributed by atoms with Crippen molar-refractivity contribution in [1.82, 2.24) is 9.88 Å². The van der Waals surface area contributed by atoms with Gasteiger partial charge in [-0.3, -0.25) is 0 Å². The minimum Gasteiger partial charge on any atom is -0.380 e. The van der Waals surface area contributed by atoms with Crippen molar-refractivity contribution in [3.63, 3.8) is 0 Å². The van der Waals surface area contributed by atoms with E-state index in [-0.39, 0.29) is 0 Å². The Morgan fingerprint density at radius 1 is 1.33 bits per heavy atom. The molecule has 0 atom stereocenters. The highest BCUT2D eigenvalue weighted by molar-refractivity contribution is 5.09. The van der Waals surface area contributed by atoms with Crippen LogP contribution in [0.5, 0.6) is 0 Å². The maximum absolute atomic E-state index is 5.56. The van der Waals surface area contributed by atoms with Crippen LogP contribution in [0.4, 0.5) is 0 Å². The second-order valence-corrected chi connectivity index (χ2v) is 5.25. The summed E-state index contributed by atoms with van der Waals surface area (Å²) < 4.78 is 7.77. The van der Waals surface area contributed by atoms with Crippen LogP contribution in [0, 0.1) is 5.92 Å². The third-order valence-electron chi connectivity index (χ3n) is 2.83. The maximum Gasteiger partial charge on any atom is 0.0645 e. The quantitative estimate of drug-likeness (QED) is 0.648. The third kappa shape index (κ3) is 6.82. The molecule has 0 saturated heterocycles. The molecule has 0 radical (unpaired) electrons. The van der Waals surface area contributed by atoms with Crippen molar-refractivity contribution in [2.24, 2.45) is 5.92 Å². The Labute approximate surface area is 112 Å². The summed E-state index contributed by atoms with van der Waals surface area (Å²) in [5.41, 5.74) is 1.35. The van der Waals surface area contributed by atoms with E-state index in [1.54, 1.807) is 0 Å². The van der Waals surface area contributed by atoms with Crippen LogP contribution in [-0.4, -0.2) is 24.3 Å². The van der Waals surface area contributed by atoms with E-state index in [0.717, 1.165) is 39.3 Å². The number of unbranched alkanes of at least 4 members (excludes halogenated alkanes) is 1. The summed E-state index contributed by atoms with van der Waals surface area (Å²) in [6, 6.07) is 2.18. The molecule has 0 aliphatic rings. The molecule has 0 saturated carbocycles. The summed E-state index contributed by atoms with van der Waals surface area (Å²) >= 11 is 0. The topological polar surface area (TPSA) is 26.2 Å².